The Hall–Kier alpha value is -2.03. The molecule has 0 radical (unpaired) electrons. The second kappa shape index (κ2) is 10.1. The first-order chi connectivity index (χ1) is 12.2. The van der Waals surface area contributed by atoms with Crippen LogP contribution in [0.15, 0.2) is 42.5 Å². The number of amides is 1. The molecule has 1 amide bonds. The van der Waals surface area contributed by atoms with Crippen LogP contribution in [0.2, 0.25) is 0 Å². The van der Waals surface area contributed by atoms with Crippen molar-refractivity contribution in [3.63, 3.8) is 0 Å². The lowest BCUT2D eigenvalue weighted by Crippen LogP contribution is -2.31. The first-order valence-electron chi connectivity index (χ1n) is 9.60. The molecule has 25 heavy (non-hydrogen) atoms. The number of hydrogen-bond donors (Lipinski definition) is 1. The molecule has 2 aromatic rings. The molecule has 0 aliphatic carbocycles. The van der Waals surface area contributed by atoms with Crippen molar-refractivity contribution >= 4 is 16.9 Å². The lowest BCUT2D eigenvalue weighted by Gasteiger charge is -2.21. The van der Waals surface area contributed by atoms with Crippen LogP contribution in [0.25, 0.3) is 10.8 Å². The number of carbonyl (C=O) groups is 1. The van der Waals surface area contributed by atoms with Crippen LogP contribution in [0.1, 0.15) is 70.9 Å². The molecule has 2 aromatic carbocycles. The predicted molar refractivity (Wildman–Crippen MR) is 105 cm³/mol. The van der Waals surface area contributed by atoms with Crippen molar-refractivity contribution in [2.45, 2.75) is 71.4 Å². The summed E-state index contributed by atoms with van der Waals surface area (Å²) in [5, 5.41) is 5.36. The van der Waals surface area contributed by atoms with Crippen molar-refractivity contribution in [3.05, 3.63) is 48.0 Å². The molecule has 2 unspecified atom stereocenters. The Kier molecular flexibility index (Phi) is 7.77. The summed E-state index contributed by atoms with van der Waals surface area (Å²) in [6, 6.07) is 14.4. The van der Waals surface area contributed by atoms with Gasteiger partial charge in [-0.3, -0.25) is 0 Å². The number of benzene rings is 2. The van der Waals surface area contributed by atoms with E-state index in [0.29, 0.717) is 0 Å². The van der Waals surface area contributed by atoms with Gasteiger partial charge in [0.2, 0.25) is 0 Å². The van der Waals surface area contributed by atoms with Gasteiger partial charge in [0.1, 0.15) is 6.10 Å². The van der Waals surface area contributed by atoms with E-state index in [-0.39, 0.29) is 18.2 Å². The normalized spacial score (nSPS) is 13.4. The average Bonchev–Trinajstić information content (AvgIpc) is 2.61. The molecule has 0 aliphatic rings. The van der Waals surface area contributed by atoms with Crippen LogP contribution in [0, 0.1) is 0 Å². The fourth-order valence-electron chi connectivity index (χ4n) is 3.27. The molecular weight excluding hydrogens is 310 g/mol. The first-order valence-corrected chi connectivity index (χ1v) is 9.60. The molecule has 3 heteroatoms. The van der Waals surface area contributed by atoms with Crippen molar-refractivity contribution in [2.75, 3.05) is 0 Å². The lowest BCUT2D eigenvalue weighted by atomic mass is 10.00. The zero-order valence-corrected chi connectivity index (χ0v) is 15.8. The number of rotatable bonds is 9. The number of unbranched alkanes of at least 4 members (excludes halogenated alkanes) is 2. The smallest absolute Gasteiger partial charge is 0.407 e. The summed E-state index contributed by atoms with van der Waals surface area (Å²) in [6.45, 7) is 6.33. The van der Waals surface area contributed by atoms with Crippen LogP contribution in [-0.4, -0.2) is 12.2 Å². The van der Waals surface area contributed by atoms with Gasteiger partial charge in [0.15, 0.2) is 0 Å². The van der Waals surface area contributed by atoms with Crippen LogP contribution in [0.3, 0.4) is 0 Å². The standard InChI is InChI=1S/C22H31NO2/c1-4-6-7-14-19(11-5-2)25-22(24)23-17(3)20-16-10-13-18-12-8-9-15-21(18)20/h8-10,12-13,15-17,19H,4-7,11,14H2,1-3H3,(H,23,24). The van der Waals surface area contributed by atoms with E-state index in [0.717, 1.165) is 31.2 Å². The van der Waals surface area contributed by atoms with E-state index in [1.54, 1.807) is 0 Å². The summed E-state index contributed by atoms with van der Waals surface area (Å²) in [4.78, 5) is 12.3. The zero-order valence-electron chi connectivity index (χ0n) is 15.8. The highest BCUT2D eigenvalue weighted by Gasteiger charge is 2.17. The maximum Gasteiger partial charge on any atom is 0.407 e. The van der Waals surface area contributed by atoms with E-state index in [2.05, 4.69) is 43.4 Å². The fourth-order valence-corrected chi connectivity index (χ4v) is 3.27. The molecule has 0 aliphatic heterocycles. The van der Waals surface area contributed by atoms with Crippen molar-refractivity contribution in [2.24, 2.45) is 0 Å². The highest BCUT2D eigenvalue weighted by atomic mass is 16.6. The number of carbonyl (C=O) groups excluding carboxylic acids is 1. The molecule has 0 heterocycles. The Morgan fingerprint density at radius 1 is 1.00 bits per heavy atom. The minimum Gasteiger partial charge on any atom is -0.446 e. The molecule has 0 fully saturated rings. The SMILES string of the molecule is CCCCCC(CCC)OC(=O)NC(C)c1cccc2ccccc12. The monoisotopic (exact) mass is 341 g/mol. The molecule has 136 valence electrons. The Balaban J connectivity index is 1.98. The highest BCUT2D eigenvalue weighted by molar-refractivity contribution is 5.86. The van der Waals surface area contributed by atoms with Gasteiger partial charge in [-0.15, -0.1) is 0 Å². The van der Waals surface area contributed by atoms with Gasteiger partial charge in [0.25, 0.3) is 0 Å². The molecule has 1 N–H and O–H groups in total. The maximum absolute atomic E-state index is 12.3. The highest BCUT2D eigenvalue weighted by Crippen LogP contribution is 2.24. The second-order valence-electron chi connectivity index (χ2n) is 6.75. The molecule has 0 saturated carbocycles. The van der Waals surface area contributed by atoms with Crippen LogP contribution in [0.5, 0.6) is 0 Å². The summed E-state index contributed by atoms with van der Waals surface area (Å²) >= 11 is 0. The van der Waals surface area contributed by atoms with Gasteiger partial charge in [-0.2, -0.15) is 0 Å². The van der Waals surface area contributed by atoms with E-state index >= 15 is 0 Å². The van der Waals surface area contributed by atoms with Crippen LogP contribution in [0.4, 0.5) is 4.79 Å². The average molecular weight is 341 g/mol. The third-order valence-electron chi connectivity index (χ3n) is 4.64. The van der Waals surface area contributed by atoms with Gasteiger partial charge in [-0.05, 0) is 42.5 Å². The quantitative estimate of drug-likeness (QED) is 0.538. The number of fused-ring (bicyclic) bond motifs is 1. The summed E-state index contributed by atoms with van der Waals surface area (Å²) in [6.07, 6.45) is 6.13. The van der Waals surface area contributed by atoms with Gasteiger partial charge < -0.3 is 10.1 Å². The van der Waals surface area contributed by atoms with Crippen LogP contribution >= 0.6 is 0 Å². The van der Waals surface area contributed by atoms with E-state index < -0.39 is 0 Å². The molecule has 2 rings (SSSR count). The lowest BCUT2D eigenvalue weighted by molar-refractivity contribution is 0.0832. The van der Waals surface area contributed by atoms with E-state index in [1.807, 2.05) is 25.1 Å². The molecule has 0 aromatic heterocycles. The van der Waals surface area contributed by atoms with Gasteiger partial charge in [0, 0.05) is 0 Å². The molecule has 0 saturated heterocycles. The van der Waals surface area contributed by atoms with Crippen LogP contribution in [-0.2, 0) is 4.74 Å². The third-order valence-corrected chi connectivity index (χ3v) is 4.64. The Morgan fingerprint density at radius 3 is 2.52 bits per heavy atom. The Morgan fingerprint density at radius 2 is 1.76 bits per heavy atom. The minimum atomic E-state index is -0.310. The number of nitrogens with one attached hydrogen (secondary N) is 1. The third kappa shape index (κ3) is 5.77. The van der Waals surface area contributed by atoms with E-state index in [1.165, 1.54) is 23.6 Å². The first kappa shape index (κ1) is 19.3. The van der Waals surface area contributed by atoms with Crippen molar-refractivity contribution in [1.82, 2.24) is 5.32 Å². The van der Waals surface area contributed by atoms with Gasteiger partial charge >= 0.3 is 6.09 Å². The molecule has 0 bridgehead atoms. The molecular formula is C22H31NO2. The topological polar surface area (TPSA) is 38.3 Å². The predicted octanol–water partition coefficient (Wildman–Crippen LogP) is 6.38. The van der Waals surface area contributed by atoms with Crippen LogP contribution < -0.4 is 5.32 Å². The number of hydrogen-bond acceptors (Lipinski definition) is 2. The molecule has 2 atom stereocenters. The summed E-state index contributed by atoms with van der Waals surface area (Å²) in [5.74, 6) is 0. The van der Waals surface area contributed by atoms with Gasteiger partial charge in [-0.1, -0.05) is 75.6 Å². The Bertz CT molecular complexity index is 663. The summed E-state index contributed by atoms with van der Waals surface area (Å²) in [7, 11) is 0. The van der Waals surface area contributed by atoms with Crippen molar-refractivity contribution in [3.8, 4) is 0 Å². The summed E-state index contributed by atoms with van der Waals surface area (Å²) in [5.41, 5.74) is 1.12. The van der Waals surface area contributed by atoms with E-state index in [4.69, 9.17) is 4.74 Å². The van der Waals surface area contributed by atoms with Gasteiger partial charge in [-0.25, -0.2) is 4.79 Å². The zero-order chi connectivity index (χ0) is 18.1. The molecule has 0 spiro atoms. The van der Waals surface area contributed by atoms with Gasteiger partial charge in [0.05, 0.1) is 6.04 Å². The van der Waals surface area contributed by atoms with Crippen molar-refractivity contribution in [1.29, 1.82) is 0 Å². The maximum atomic E-state index is 12.3. The Labute approximate surface area is 151 Å². The largest absolute Gasteiger partial charge is 0.446 e. The summed E-state index contributed by atoms with van der Waals surface area (Å²) < 4.78 is 5.69. The van der Waals surface area contributed by atoms with Crippen molar-refractivity contribution < 1.29 is 9.53 Å². The minimum absolute atomic E-state index is 0.0243. The second-order valence-corrected chi connectivity index (χ2v) is 6.75. The fraction of sp³-hybridized carbons (Fsp3) is 0.500. The number of ether oxygens (including phenoxy) is 1. The number of alkyl carbamates (subject to hydrolysis) is 1. The molecule has 3 nitrogen and oxygen atoms in total. The van der Waals surface area contributed by atoms with E-state index in [9.17, 15) is 4.79 Å².